The number of carboxylic acid groups (broad SMARTS) is 1. The van der Waals surface area contributed by atoms with E-state index in [1.807, 2.05) is 36.4 Å². The van der Waals surface area contributed by atoms with Gasteiger partial charge in [0.2, 0.25) is 5.91 Å². The van der Waals surface area contributed by atoms with E-state index in [9.17, 15) is 19.5 Å². The summed E-state index contributed by atoms with van der Waals surface area (Å²) in [6, 6.07) is 21.7. The number of carbonyl (C=O) groups excluding carboxylic acids is 2. The summed E-state index contributed by atoms with van der Waals surface area (Å²) in [4.78, 5) is 40.0. The Kier molecular flexibility index (Phi) is 6.20. The lowest BCUT2D eigenvalue weighted by Crippen LogP contribution is -2.47. The first-order chi connectivity index (χ1) is 15.8. The first-order valence-electron chi connectivity index (χ1n) is 10.4. The predicted molar refractivity (Wildman–Crippen MR) is 123 cm³/mol. The van der Waals surface area contributed by atoms with E-state index in [0.717, 1.165) is 5.56 Å². The topological polar surface area (TPSA) is 83.9 Å². The van der Waals surface area contributed by atoms with E-state index in [-0.39, 0.29) is 12.8 Å². The van der Waals surface area contributed by atoms with E-state index >= 15 is 0 Å². The average molecular weight is 464 g/mol. The largest absolute Gasteiger partial charge is 0.480 e. The third-order valence-corrected chi connectivity index (χ3v) is 6.29. The number of hydrogen-bond donors (Lipinski definition) is 1. The Labute approximate surface area is 196 Å². The molecule has 0 spiro atoms. The van der Waals surface area contributed by atoms with Crippen LogP contribution in [0.2, 0.25) is 5.02 Å². The van der Waals surface area contributed by atoms with Gasteiger partial charge >= 0.3 is 11.9 Å². The number of likely N-dealkylation sites (N-methyl/N-ethyl adjacent to an activating group) is 1. The second-order valence-corrected chi connectivity index (χ2v) is 8.46. The number of halogens is 1. The molecule has 0 radical (unpaired) electrons. The molecule has 0 aromatic heterocycles. The van der Waals surface area contributed by atoms with Crippen LogP contribution in [0.5, 0.6) is 5.75 Å². The number of carboxylic acids is 1. The Balaban J connectivity index is 1.72. The summed E-state index contributed by atoms with van der Waals surface area (Å²) in [5.74, 6) is -1.88. The lowest BCUT2D eigenvalue weighted by molar-refractivity contribution is -0.150. The van der Waals surface area contributed by atoms with Gasteiger partial charge < -0.3 is 14.7 Å². The lowest BCUT2D eigenvalue weighted by atomic mass is 9.72. The Morgan fingerprint density at radius 3 is 2.30 bits per heavy atom. The first kappa shape index (κ1) is 22.6. The molecule has 7 heteroatoms. The SMILES string of the molecule is CN(C(=O)CC1(c2ccccc2)C(=O)Oc2ccc(Cl)cc21)C(Cc1ccccc1)C(=O)O. The number of ether oxygens (including phenoxy) is 1. The molecule has 1 aliphatic heterocycles. The van der Waals surface area contributed by atoms with Crippen molar-refractivity contribution in [2.75, 3.05) is 7.05 Å². The number of benzene rings is 3. The van der Waals surface area contributed by atoms with Gasteiger partial charge in [0.25, 0.3) is 0 Å². The fourth-order valence-electron chi connectivity index (χ4n) is 4.24. The number of amides is 1. The van der Waals surface area contributed by atoms with Crippen LogP contribution < -0.4 is 4.74 Å². The highest BCUT2D eigenvalue weighted by Crippen LogP contribution is 2.48. The van der Waals surface area contributed by atoms with Crippen molar-refractivity contribution in [2.45, 2.75) is 24.3 Å². The van der Waals surface area contributed by atoms with Crippen molar-refractivity contribution in [1.82, 2.24) is 4.90 Å². The highest BCUT2D eigenvalue weighted by Gasteiger charge is 2.52. The fourth-order valence-corrected chi connectivity index (χ4v) is 4.41. The summed E-state index contributed by atoms with van der Waals surface area (Å²) in [6.07, 6.45) is -0.151. The second-order valence-electron chi connectivity index (χ2n) is 8.03. The van der Waals surface area contributed by atoms with Gasteiger partial charge in [-0.05, 0) is 29.3 Å². The van der Waals surface area contributed by atoms with Crippen molar-refractivity contribution >= 4 is 29.4 Å². The first-order valence-corrected chi connectivity index (χ1v) is 10.8. The molecule has 0 bridgehead atoms. The molecular formula is C26H22ClNO5. The van der Waals surface area contributed by atoms with E-state index in [4.69, 9.17) is 16.3 Å². The van der Waals surface area contributed by atoms with Gasteiger partial charge in [-0.1, -0.05) is 72.3 Å². The maximum Gasteiger partial charge on any atom is 0.327 e. The van der Waals surface area contributed by atoms with Gasteiger partial charge in [-0.2, -0.15) is 0 Å². The molecular weight excluding hydrogens is 442 g/mol. The van der Waals surface area contributed by atoms with Crippen LogP contribution in [0.3, 0.4) is 0 Å². The van der Waals surface area contributed by atoms with Gasteiger partial charge in [-0.3, -0.25) is 9.59 Å². The van der Waals surface area contributed by atoms with Crippen molar-refractivity contribution < 1.29 is 24.2 Å². The standard InChI is InChI=1S/C26H22ClNO5/c1-28(21(24(30)31)14-17-8-4-2-5-9-17)23(29)16-26(18-10-6-3-7-11-18)20-15-19(27)12-13-22(20)33-25(26)32/h2-13,15,21H,14,16H2,1H3,(H,30,31). The van der Waals surface area contributed by atoms with Crippen molar-refractivity contribution in [3.63, 3.8) is 0 Å². The minimum atomic E-state index is -1.43. The molecule has 168 valence electrons. The minimum absolute atomic E-state index is 0.142. The van der Waals surface area contributed by atoms with Gasteiger partial charge in [0.1, 0.15) is 17.2 Å². The monoisotopic (exact) mass is 463 g/mol. The maximum atomic E-state index is 13.5. The number of rotatable bonds is 7. The van der Waals surface area contributed by atoms with Crippen molar-refractivity contribution in [2.24, 2.45) is 0 Å². The van der Waals surface area contributed by atoms with Crippen LogP contribution in [0.4, 0.5) is 0 Å². The number of hydrogen-bond acceptors (Lipinski definition) is 4. The van der Waals surface area contributed by atoms with E-state index in [2.05, 4.69) is 0 Å². The number of carbonyl (C=O) groups is 3. The second kappa shape index (κ2) is 9.08. The zero-order valence-corrected chi connectivity index (χ0v) is 18.7. The average Bonchev–Trinajstić information content (AvgIpc) is 3.09. The lowest BCUT2D eigenvalue weighted by Gasteiger charge is -2.31. The van der Waals surface area contributed by atoms with E-state index < -0.39 is 29.3 Å². The zero-order valence-electron chi connectivity index (χ0n) is 17.9. The van der Waals surface area contributed by atoms with E-state index in [1.54, 1.807) is 42.5 Å². The Morgan fingerprint density at radius 2 is 1.67 bits per heavy atom. The normalized spacial score (nSPS) is 17.7. The summed E-state index contributed by atoms with van der Waals surface area (Å²) in [7, 11) is 1.45. The summed E-state index contributed by atoms with van der Waals surface area (Å²) in [5.41, 5.74) is 0.429. The Morgan fingerprint density at radius 1 is 1.03 bits per heavy atom. The highest BCUT2D eigenvalue weighted by molar-refractivity contribution is 6.30. The molecule has 1 amide bonds. The predicted octanol–water partition coefficient (Wildman–Crippen LogP) is 4.09. The van der Waals surface area contributed by atoms with Crippen LogP contribution in [-0.2, 0) is 26.2 Å². The summed E-state index contributed by atoms with van der Waals surface area (Å²) < 4.78 is 5.53. The van der Waals surface area contributed by atoms with Crippen LogP contribution in [-0.4, -0.2) is 40.9 Å². The summed E-state index contributed by atoms with van der Waals surface area (Å²) in [6.45, 7) is 0. The van der Waals surface area contributed by atoms with Crippen molar-refractivity contribution in [3.05, 3.63) is 101 Å². The fraction of sp³-hybridized carbons (Fsp3) is 0.192. The van der Waals surface area contributed by atoms with Crippen LogP contribution in [0.15, 0.2) is 78.9 Å². The van der Waals surface area contributed by atoms with Gasteiger partial charge in [-0.25, -0.2) is 4.79 Å². The highest BCUT2D eigenvalue weighted by atomic mass is 35.5. The molecule has 0 saturated heterocycles. The quantitative estimate of drug-likeness (QED) is 0.421. The van der Waals surface area contributed by atoms with Gasteiger partial charge in [0.05, 0.1) is 6.42 Å². The Bertz CT molecular complexity index is 1200. The van der Waals surface area contributed by atoms with Crippen molar-refractivity contribution in [1.29, 1.82) is 0 Å². The molecule has 1 N–H and O–H groups in total. The summed E-state index contributed by atoms with van der Waals surface area (Å²) >= 11 is 6.23. The molecule has 1 aliphatic rings. The molecule has 2 atom stereocenters. The van der Waals surface area contributed by atoms with Crippen LogP contribution in [0.1, 0.15) is 23.1 Å². The van der Waals surface area contributed by atoms with Crippen LogP contribution in [0, 0.1) is 0 Å². The van der Waals surface area contributed by atoms with E-state index in [0.29, 0.717) is 21.9 Å². The summed E-state index contributed by atoms with van der Waals surface area (Å²) in [5, 5.41) is 10.2. The molecule has 0 aliphatic carbocycles. The smallest absolute Gasteiger partial charge is 0.327 e. The molecule has 0 saturated carbocycles. The third-order valence-electron chi connectivity index (χ3n) is 6.05. The van der Waals surface area contributed by atoms with Crippen LogP contribution >= 0.6 is 11.6 Å². The number of fused-ring (bicyclic) bond motifs is 1. The molecule has 3 aromatic rings. The molecule has 33 heavy (non-hydrogen) atoms. The number of aliphatic carboxylic acids is 1. The third kappa shape index (κ3) is 4.22. The van der Waals surface area contributed by atoms with Crippen LogP contribution in [0.25, 0.3) is 0 Å². The van der Waals surface area contributed by atoms with Gasteiger partial charge in [0.15, 0.2) is 0 Å². The number of esters is 1. The molecule has 3 aromatic carbocycles. The number of nitrogens with zero attached hydrogens (tertiary/aromatic N) is 1. The van der Waals surface area contributed by atoms with Gasteiger partial charge in [0, 0.05) is 24.1 Å². The van der Waals surface area contributed by atoms with Crippen molar-refractivity contribution in [3.8, 4) is 5.75 Å². The molecule has 0 fully saturated rings. The zero-order chi connectivity index (χ0) is 23.6. The molecule has 2 unspecified atom stereocenters. The van der Waals surface area contributed by atoms with Gasteiger partial charge in [-0.15, -0.1) is 0 Å². The Hall–Kier alpha value is -3.64. The molecule has 1 heterocycles. The maximum absolute atomic E-state index is 13.5. The van der Waals surface area contributed by atoms with E-state index in [1.165, 1.54) is 11.9 Å². The molecule has 6 nitrogen and oxygen atoms in total. The molecule has 4 rings (SSSR count). The minimum Gasteiger partial charge on any atom is -0.480 e.